The Morgan fingerprint density at radius 1 is 1.27 bits per heavy atom. The van der Waals surface area contributed by atoms with Gasteiger partial charge in [-0.05, 0) is 50.1 Å². The monoisotopic (exact) mass is 483 g/mol. The van der Waals surface area contributed by atoms with E-state index < -0.39 is 0 Å². The quantitative estimate of drug-likeness (QED) is 0.383. The number of carbonyl (C=O) groups excluding carboxylic acids is 1. The number of carbonyl (C=O) groups is 1. The number of hydrogen-bond acceptors (Lipinski definition) is 6. The van der Waals surface area contributed by atoms with Gasteiger partial charge in [0.2, 0.25) is 0 Å². The molecule has 4 N–H and O–H groups in total. The first-order valence-corrected chi connectivity index (χ1v) is 11.6. The van der Waals surface area contributed by atoms with Crippen LogP contribution in [0.3, 0.4) is 0 Å². The summed E-state index contributed by atoms with van der Waals surface area (Å²) in [6, 6.07) is 8.86. The number of likely N-dealkylation sites (tertiary alicyclic amines) is 1. The minimum atomic E-state index is -0.177. The van der Waals surface area contributed by atoms with Crippen molar-refractivity contribution in [2.24, 2.45) is 5.73 Å². The molecule has 0 bridgehead atoms. The van der Waals surface area contributed by atoms with Crippen LogP contribution in [0.25, 0.3) is 21.9 Å². The molecule has 1 aliphatic rings. The molecule has 0 radical (unpaired) electrons. The second-order valence-corrected chi connectivity index (χ2v) is 9.09. The number of nitrogens with zero attached hydrogens (tertiary/aromatic N) is 4. The second kappa shape index (κ2) is 8.78. The van der Waals surface area contributed by atoms with Gasteiger partial charge in [0.1, 0.15) is 18.0 Å². The van der Waals surface area contributed by atoms with Gasteiger partial charge in [0.25, 0.3) is 5.91 Å². The van der Waals surface area contributed by atoms with Crippen LogP contribution in [-0.2, 0) is 0 Å². The summed E-state index contributed by atoms with van der Waals surface area (Å²) in [7, 11) is 0. The third kappa shape index (κ3) is 4.10. The van der Waals surface area contributed by atoms with E-state index in [0.717, 1.165) is 35.1 Å². The van der Waals surface area contributed by atoms with Crippen molar-refractivity contribution in [3.63, 3.8) is 0 Å². The molecule has 1 aliphatic heterocycles. The Balaban J connectivity index is 1.45. The van der Waals surface area contributed by atoms with E-state index in [9.17, 15) is 4.79 Å². The standard InChI is InChI=1S/C23H23Cl2N7O/c1-12(21-30-18-5-4-13(24)7-20(18)31-21)29-22-16-8-17(25)15(9-19(16)27-11-28-22)23(33)32-6-2-3-14(32)10-26/h4-5,7-9,11-12,14H,2-3,6,10,26H2,1H3,(H,30,31)(H,27,28,29)/t12-,14-/m0/s1. The van der Waals surface area contributed by atoms with Crippen LogP contribution in [-0.4, -0.2) is 49.9 Å². The van der Waals surface area contributed by atoms with Gasteiger partial charge >= 0.3 is 0 Å². The molecule has 1 saturated heterocycles. The summed E-state index contributed by atoms with van der Waals surface area (Å²) in [6.07, 6.45) is 3.33. The van der Waals surface area contributed by atoms with Crippen molar-refractivity contribution < 1.29 is 4.79 Å². The average molecular weight is 484 g/mol. The third-order valence-corrected chi connectivity index (χ3v) is 6.64. The molecule has 33 heavy (non-hydrogen) atoms. The number of benzene rings is 2. The zero-order valence-corrected chi connectivity index (χ0v) is 19.5. The minimum Gasteiger partial charge on any atom is -0.360 e. The Morgan fingerprint density at radius 3 is 2.94 bits per heavy atom. The molecule has 0 aliphatic carbocycles. The summed E-state index contributed by atoms with van der Waals surface area (Å²) in [4.78, 5) is 31.7. The number of amides is 1. The summed E-state index contributed by atoms with van der Waals surface area (Å²) in [5.74, 6) is 1.24. The van der Waals surface area contributed by atoms with Crippen LogP contribution in [0.4, 0.5) is 5.82 Å². The molecule has 1 amide bonds. The lowest BCUT2D eigenvalue weighted by atomic mass is 10.1. The van der Waals surface area contributed by atoms with E-state index >= 15 is 0 Å². The van der Waals surface area contributed by atoms with Crippen molar-refractivity contribution in [3.05, 3.63) is 58.1 Å². The molecule has 0 unspecified atom stereocenters. The van der Waals surface area contributed by atoms with Crippen molar-refractivity contribution >= 4 is 56.9 Å². The van der Waals surface area contributed by atoms with Gasteiger partial charge < -0.3 is 20.9 Å². The summed E-state index contributed by atoms with van der Waals surface area (Å²) >= 11 is 12.7. The van der Waals surface area contributed by atoms with Gasteiger partial charge in [-0.25, -0.2) is 15.0 Å². The predicted octanol–water partition coefficient (Wildman–Crippen LogP) is 4.55. The largest absolute Gasteiger partial charge is 0.360 e. The van der Waals surface area contributed by atoms with Crippen molar-refractivity contribution in [1.29, 1.82) is 0 Å². The molecular weight excluding hydrogens is 461 g/mol. The first kappa shape index (κ1) is 21.9. The number of anilines is 1. The van der Waals surface area contributed by atoms with Gasteiger partial charge in [0.05, 0.1) is 33.2 Å². The summed E-state index contributed by atoms with van der Waals surface area (Å²) in [5, 5.41) is 5.10. The van der Waals surface area contributed by atoms with E-state index in [-0.39, 0.29) is 18.0 Å². The van der Waals surface area contributed by atoms with Crippen LogP contribution in [0.1, 0.15) is 42.0 Å². The van der Waals surface area contributed by atoms with E-state index in [4.69, 9.17) is 28.9 Å². The lowest BCUT2D eigenvalue weighted by Gasteiger charge is -2.24. The number of imidazole rings is 1. The molecule has 2 aromatic heterocycles. The third-order valence-electron chi connectivity index (χ3n) is 6.09. The highest BCUT2D eigenvalue weighted by Crippen LogP contribution is 2.31. The highest BCUT2D eigenvalue weighted by atomic mass is 35.5. The molecule has 2 aromatic carbocycles. The Kier molecular flexibility index (Phi) is 5.82. The smallest absolute Gasteiger partial charge is 0.255 e. The van der Waals surface area contributed by atoms with Gasteiger partial charge in [-0.3, -0.25) is 4.79 Å². The highest BCUT2D eigenvalue weighted by molar-refractivity contribution is 6.35. The van der Waals surface area contributed by atoms with Crippen LogP contribution in [0, 0.1) is 0 Å². The molecule has 8 nitrogen and oxygen atoms in total. The Labute approximate surface area is 200 Å². The SMILES string of the molecule is C[C@H](Nc1ncnc2cc(C(=O)N3CCC[C@H]3CN)c(Cl)cc12)c1nc2ccc(Cl)cc2[nH]1. The molecule has 1 fully saturated rings. The zero-order valence-electron chi connectivity index (χ0n) is 18.0. The van der Waals surface area contributed by atoms with Crippen LogP contribution >= 0.6 is 23.2 Å². The Morgan fingerprint density at radius 2 is 2.12 bits per heavy atom. The summed E-state index contributed by atoms with van der Waals surface area (Å²) in [5.41, 5.74) is 8.60. The average Bonchev–Trinajstić information content (AvgIpc) is 3.45. The molecule has 3 heterocycles. The normalized spacial score (nSPS) is 17.1. The number of nitrogens with two attached hydrogens (primary N) is 1. The van der Waals surface area contributed by atoms with E-state index in [1.165, 1.54) is 6.33 Å². The number of H-pyrrole nitrogens is 1. The van der Waals surface area contributed by atoms with Gasteiger partial charge in [0, 0.05) is 29.5 Å². The molecule has 4 aromatic rings. The van der Waals surface area contributed by atoms with Crippen LogP contribution < -0.4 is 11.1 Å². The van der Waals surface area contributed by atoms with Crippen LogP contribution in [0.5, 0.6) is 0 Å². The molecule has 0 spiro atoms. The lowest BCUT2D eigenvalue weighted by Crippen LogP contribution is -2.40. The van der Waals surface area contributed by atoms with Crippen molar-refractivity contribution in [1.82, 2.24) is 24.8 Å². The number of fused-ring (bicyclic) bond motifs is 2. The van der Waals surface area contributed by atoms with Crippen molar-refractivity contribution in [2.45, 2.75) is 31.8 Å². The van der Waals surface area contributed by atoms with E-state index in [0.29, 0.717) is 40.0 Å². The van der Waals surface area contributed by atoms with Crippen LogP contribution in [0.15, 0.2) is 36.7 Å². The van der Waals surface area contributed by atoms with Gasteiger partial charge in [-0.2, -0.15) is 0 Å². The molecular formula is C23H23Cl2N7O. The fourth-order valence-corrected chi connectivity index (χ4v) is 4.76. The molecule has 2 atom stereocenters. The molecule has 10 heteroatoms. The predicted molar refractivity (Wildman–Crippen MR) is 131 cm³/mol. The van der Waals surface area contributed by atoms with Crippen molar-refractivity contribution in [2.75, 3.05) is 18.4 Å². The molecule has 0 saturated carbocycles. The minimum absolute atomic E-state index is 0.0476. The summed E-state index contributed by atoms with van der Waals surface area (Å²) in [6.45, 7) is 3.11. The van der Waals surface area contributed by atoms with E-state index in [1.807, 2.05) is 30.0 Å². The maximum atomic E-state index is 13.1. The molecule has 170 valence electrons. The topological polar surface area (TPSA) is 113 Å². The number of rotatable bonds is 5. The first-order valence-electron chi connectivity index (χ1n) is 10.8. The van der Waals surface area contributed by atoms with Crippen LogP contribution in [0.2, 0.25) is 10.0 Å². The van der Waals surface area contributed by atoms with E-state index in [1.54, 1.807) is 12.1 Å². The maximum absolute atomic E-state index is 13.1. The first-order chi connectivity index (χ1) is 15.9. The Bertz CT molecular complexity index is 1360. The number of aromatic amines is 1. The van der Waals surface area contributed by atoms with Crippen molar-refractivity contribution in [3.8, 4) is 0 Å². The Hall–Kier alpha value is -2.94. The van der Waals surface area contributed by atoms with Gasteiger partial charge in [-0.1, -0.05) is 23.2 Å². The van der Waals surface area contributed by atoms with Gasteiger partial charge in [0.15, 0.2) is 0 Å². The van der Waals surface area contributed by atoms with E-state index in [2.05, 4.69) is 25.3 Å². The second-order valence-electron chi connectivity index (χ2n) is 8.25. The maximum Gasteiger partial charge on any atom is 0.255 e. The summed E-state index contributed by atoms with van der Waals surface area (Å²) < 4.78 is 0. The number of nitrogens with one attached hydrogen (secondary N) is 2. The lowest BCUT2D eigenvalue weighted by molar-refractivity contribution is 0.0741. The fraction of sp³-hybridized carbons (Fsp3) is 0.304. The number of hydrogen-bond donors (Lipinski definition) is 3. The number of halogens is 2. The zero-order chi connectivity index (χ0) is 23.1. The number of aromatic nitrogens is 4. The molecule has 5 rings (SSSR count). The fourth-order valence-electron chi connectivity index (χ4n) is 4.34. The van der Waals surface area contributed by atoms with Gasteiger partial charge in [-0.15, -0.1) is 0 Å². The highest BCUT2D eigenvalue weighted by Gasteiger charge is 2.30.